The average molecular weight is 436 g/mol. The van der Waals surface area contributed by atoms with E-state index < -0.39 is 0 Å². The molecule has 0 bridgehead atoms. The molecule has 0 aliphatic carbocycles. The Morgan fingerprint density at radius 3 is 2.26 bits per heavy atom. The molecule has 7 heteroatoms. The number of piperazine rings is 1. The maximum atomic E-state index is 13.1. The normalized spacial score (nSPS) is 15.7. The van der Waals surface area contributed by atoms with Gasteiger partial charge in [-0.15, -0.1) is 10.2 Å². The van der Waals surface area contributed by atoms with Gasteiger partial charge >= 0.3 is 0 Å². The van der Waals surface area contributed by atoms with Crippen molar-refractivity contribution in [1.29, 1.82) is 0 Å². The van der Waals surface area contributed by atoms with E-state index in [1.54, 1.807) is 0 Å². The highest BCUT2D eigenvalue weighted by molar-refractivity contribution is 8.00. The van der Waals surface area contributed by atoms with Gasteiger partial charge in [-0.05, 0) is 31.2 Å². The van der Waals surface area contributed by atoms with Gasteiger partial charge < -0.3 is 9.80 Å². The third kappa shape index (κ3) is 5.17. The monoisotopic (exact) mass is 435 g/mol. The first-order valence-corrected chi connectivity index (χ1v) is 11.7. The number of para-hydroxylation sites is 1. The maximum Gasteiger partial charge on any atom is 0.235 e. The van der Waals surface area contributed by atoms with Crippen molar-refractivity contribution in [2.24, 2.45) is 0 Å². The second kappa shape index (κ2) is 10.1. The SMILES string of the molecule is CCN1CCN(C(=O)C(C)Sc2nnc(Cc3ccccc3)n2-c2ccccc2)CC1. The van der Waals surface area contributed by atoms with Crippen molar-refractivity contribution in [3.63, 3.8) is 0 Å². The summed E-state index contributed by atoms with van der Waals surface area (Å²) < 4.78 is 2.08. The van der Waals surface area contributed by atoms with Gasteiger partial charge in [0.25, 0.3) is 0 Å². The van der Waals surface area contributed by atoms with Crippen LogP contribution in [0.2, 0.25) is 0 Å². The van der Waals surface area contributed by atoms with Gasteiger partial charge in [-0.3, -0.25) is 9.36 Å². The summed E-state index contributed by atoms with van der Waals surface area (Å²) in [6, 6.07) is 20.4. The number of nitrogens with zero attached hydrogens (tertiary/aromatic N) is 5. The minimum atomic E-state index is -0.218. The molecule has 1 unspecified atom stereocenters. The van der Waals surface area contributed by atoms with Gasteiger partial charge in [0.15, 0.2) is 5.16 Å². The topological polar surface area (TPSA) is 54.3 Å². The summed E-state index contributed by atoms with van der Waals surface area (Å²) in [5.41, 5.74) is 2.19. The predicted octanol–water partition coefficient (Wildman–Crippen LogP) is 3.50. The number of thioether (sulfide) groups is 1. The Kier molecular flexibility index (Phi) is 7.04. The van der Waals surface area contributed by atoms with Crippen molar-refractivity contribution in [3.8, 4) is 5.69 Å². The first-order chi connectivity index (χ1) is 15.2. The number of amides is 1. The van der Waals surface area contributed by atoms with Gasteiger partial charge in [0.05, 0.1) is 5.25 Å². The zero-order valence-electron chi connectivity index (χ0n) is 18.1. The molecule has 2 aromatic carbocycles. The van der Waals surface area contributed by atoms with Crippen LogP contribution < -0.4 is 0 Å². The highest BCUT2D eigenvalue weighted by Crippen LogP contribution is 2.28. The fourth-order valence-corrected chi connectivity index (χ4v) is 4.83. The van der Waals surface area contributed by atoms with Crippen molar-refractivity contribution < 1.29 is 4.79 Å². The van der Waals surface area contributed by atoms with E-state index in [-0.39, 0.29) is 11.2 Å². The minimum Gasteiger partial charge on any atom is -0.339 e. The molecule has 1 aromatic heterocycles. The maximum absolute atomic E-state index is 13.1. The van der Waals surface area contributed by atoms with E-state index in [9.17, 15) is 4.79 Å². The number of benzene rings is 2. The van der Waals surface area contributed by atoms with E-state index in [0.29, 0.717) is 6.42 Å². The number of carbonyl (C=O) groups excluding carboxylic acids is 1. The molecule has 6 nitrogen and oxygen atoms in total. The fourth-order valence-electron chi connectivity index (χ4n) is 3.86. The molecule has 0 radical (unpaired) electrons. The molecule has 0 saturated carbocycles. The Morgan fingerprint density at radius 1 is 0.968 bits per heavy atom. The number of hydrogen-bond acceptors (Lipinski definition) is 5. The fraction of sp³-hybridized carbons (Fsp3) is 0.375. The Morgan fingerprint density at radius 2 is 1.61 bits per heavy atom. The Balaban J connectivity index is 1.54. The quantitative estimate of drug-likeness (QED) is 0.532. The molecular weight excluding hydrogens is 406 g/mol. The van der Waals surface area contributed by atoms with Gasteiger partial charge in [-0.1, -0.05) is 67.2 Å². The van der Waals surface area contributed by atoms with Crippen molar-refractivity contribution in [2.45, 2.75) is 30.7 Å². The highest BCUT2D eigenvalue weighted by Gasteiger charge is 2.27. The molecule has 162 valence electrons. The van der Waals surface area contributed by atoms with Crippen LogP contribution in [0.15, 0.2) is 65.8 Å². The number of hydrogen-bond donors (Lipinski definition) is 0. The third-order valence-corrected chi connectivity index (χ3v) is 6.71. The molecule has 1 atom stereocenters. The lowest BCUT2D eigenvalue weighted by atomic mass is 10.1. The zero-order chi connectivity index (χ0) is 21.6. The molecule has 1 aliphatic rings. The van der Waals surface area contributed by atoms with Crippen LogP contribution in [0.4, 0.5) is 0 Å². The molecular formula is C24H29N5OS. The predicted molar refractivity (Wildman–Crippen MR) is 125 cm³/mol. The summed E-state index contributed by atoms with van der Waals surface area (Å²) in [7, 11) is 0. The third-order valence-electron chi connectivity index (χ3n) is 5.68. The standard InChI is InChI=1S/C24H29N5OS/c1-3-27-14-16-28(17-15-27)23(30)19(2)31-24-26-25-22(18-20-10-6-4-7-11-20)29(24)21-12-8-5-9-13-21/h4-13,19H,3,14-18H2,1-2H3. The van der Waals surface area contributed by atoms with E-state index in [2.05, 4.69) is 50.9 Å². The smallest absolute Gasteiger partial charge is 0.235 e. The first-order valence-electron chi connectivity index (χ1n) is 10.9. The summed E-state index contributed by atoms with van der Waals surface area (Å²) in [5, 5.41) is 9.51. The molecule has 3 aromatic rings. The molecule has 2 heterocycles. The average Bonchev–Trinajstić information content (AvgIpc) is 3.21. The van der Waals surface area contributed by atoms with E-state index in [1.165, 1.54) is 17.3 Å². The Labute approximate surface area is 188 Å². The molecule has 1 saturated heterocycles. The summed E-state index contributed by atoms with van der Waals surface area (Å²) >= 11 is 1.49. The van der Waals surface area contributed by atoms with Crippen LogP contribution in [-0.4, -0.2) is 68.4 Å². The summed E-state index contributed by atoms with van der Waals surface area (Å²) in [5.74, 6) is 1.05. The van der Waals surface area contributed by atoms with Crippen LogP contribution in [0.1, 0.15) is 25.2 Å². The number of rotatable bonds is 7. The summed E-state index contributed by atoms with van der Waals surface area (Å²) in [4.78, 5) is 17.4. The second-order valence-corrected chi connectivity index (χ2v) is 9.06. The van der Waals surface area contributed by atoms with Gasteiger partial charge in [-0.2, -0.15) is 0 Å². The van der Waals surface area contributed by atoms with E-state index in [0.717, 1.165) is 49.4 Å². The van der Waals surface area contributed by atoms with Crippen molar-refractivity contribution in [2.75, 3.05) is 32.7 Å². The number of aromatic nitrogens is 3. The van der Waals surface area contributed by atoms with E-state index >= 15 is 0 Å². The lowest BCUT2D eigenvalue weighted by Gasteiger charge is -2.35. The van der Waals surface area contributed by atoms with E-state index in [4.69, 9.17) is 0 Å². The van der Waals surface area contributed by atoms with Crippen molar-refractivity contribution in [1.82, 2.24) is 24.6 Å². The largest absolute Gasteiger partial charge is 0.339 e. The lowest BCUT2D eigenvalue weighted by molar-refractivity contribution is -0.132. The number of likely N-dealkylation sites (N-methyl/N-ethyl adjacent to an activating group) is 1. The summed E-state index contributed by atoms with van der Waals surface area (Å²) in [6.45, 7) is 8.66. The summed E-state index contributed by atoms with van der Waals surface area (Å²) in [6.07, 6.45) is 0.685. The van der Waals surface area contributed by atoms with Crippen LogP contribution in [0.25, 0.3) is 5.69 Å². The lowest BCUT2D eigenvalue weighted by Crippen LogP contribution is -2.50. The van der Waals surface area contributed by atoms with Crippen LogP contribution in [-0.2, 0) is 11.2 Å². The molecule has 0 N–H and O–H groups in total. The molecule has 1 amide bonds. The van der Waals surface area contributed by atoms with Crippen LogP contribution in [0, 0.1) is 0 Å². The second-order valence-electron chi connectivity index (χ2n) is 7.75. The van der Waals surface area contributed by atoms with Gasteiger partial charge in [0, 0.05) is 38.3 Å². The van der Waals surface area contributed by atoms with Crippen LogP contribution in [0.3, 0.4) is 0 Å². The van der Waals surface area contributed by atoms with Crippen LogP contribution >= 0.6 is 11.8 Å². The molecule has 4 rings (SSSR count). The Hall–Kier alpha value is -2.64. The highest BCUT2D eigenvalue weighted by atomic mass is 32.2. The molecule has 31 heavy (non-hydrogen) atoms. The van der Waals surface area contributed by atoms with Crippen molar-refractivity contribution in [3.05, 3.63) is 72.1 Å². The van der Waals surface area contributed by atoms with Crippen molar-refractivity contribution >= 4 is 17.7 Å². The van der Waals surface area contributed by atoms with E-state index in [1.807, 2.05) is 48.2 Å². The molecule has 1 fully saturated rings. The molecule has 1 aliphatic heterocycles. The van der Waals surface area contributed by atoms with Crippen LogP contribution in [0.5, 0.6) is 0 Å². The minimum absolute atomic E-state index is 0.174. The van der Waals surface area contributed by atoms with Gasteiger partial charge in [0.2, 0.25) is 5.91 Å². The first kappa shape index (κ1) is 21.6. The number of carbonyl (C=O) groups is 1. The Bertz CT molecular complexity index is 984. The molecule has 0 spiro atoms. The van der Waals surface area contributed by atoms with Gasteiger partial charge in [0.1, 0.15) is 5.82 Å². The van der Waals surface area contributed by atoms with Gasteiger partial charge in [-0.25, -0.2) is 0 Å². The zero-order valence-corrected chi connectivity index (χ0v) is 19.0.